The molecule has 0 amide bonds. The summed E-state index contributed by atoms with van der Waals surface area (Å²) in [4.78, 5) is 1.36. The predicted octanol–water partition coefficient (Wildman–Crippen LogP) is 2.92. The van der Waals surface area contributed by atoms with Gasteiger partial charge in [0.05, 0.1) is 12.1 Å². The minimum absolute atomic E-state index is 0.0239. The molecule has 0 aliphatic heterocycles. The zero-order valence-corrected chi connectivity index (χ0v) is 10.4. The van der Waals surface area contributed by atoms with Crippen LogP contribution in [0.15, 0.2) is 17.5 Å². The van der Waals surface area contributed by atoms with Gasteiger partial charge in [-0.3, -0.25) is 0 Å². The van der Waals surface area contributed by atoms with E-state index >= 15 is 0 Å². The van der Waals surface area contributed by atoms with E-state index < -0.39 is 0 Å². The molecule has 82 valence electrons. The molecule has 0 bridgehead atoms. The van der Waals surface area contributed by atoms with Gasteiger partial charge in [0.15, 0.2) is 0 Å². The third-order valence-corrected chi connectivity index (χ3v) is 3.78. The van der Waals surface area contributed by atoms with Gasteiger partial charge in [-0.15, -0.1) is 11.3 Å². The number of hydrogen-bond acceptors (Lipinski definition) is 3. The zero-order valence-electron chi connectivity index (χ0n) is 9.58. The Morgan fingerprint density at radius 3 is 2.80 bits per heavy atom. The Morgan fingerprint density at radius 2 is 2.33 bits per heavy atom. The van der Waals surface area contributed by atoms with E-state index in [1.54, 1.807) is 11.3 Å². The SMILES string of the molecule is CCC(C#N)NCC(C)(C)c1cccs1. The van der Waals surface area contributed by atoms with E-state index in [2.05, 4.69) is 42.7 Å². The molecule has 15 heavy (non-hydrogen) atoms. The van der Waals surface area contributed by atoms with E-state index in [4.69, 9.17) is 5.26 Å². The van der Waals surface area contributed by atoms with Crippen LogP contribution in [0, 0.1) is 11.3 Å². The second-order valence-electron chi connectivity index (χ2n) is 4.33. The molecule has 1 heterocycles. The summed E-state index contributed by atoms with van der Waals surface area (Å²) in [5, 5.41) is 14.2. The molecule has 0 aliphatic rings. The van der Waals surface area contributed by atoms with Crippen molar-refractivity contribution in [2.45, 2.75) is 38.6 Å². The topological polar surface area (TPSA) is 35.8 Å². The van der Waals surface area contributed by atoms with E-state index in [0.29, 0.717) is 0 Å². The summed E-state index contributed by atoms with van der Waals surface area (Å²) in [5.41, 5.74) is 0.110. The first-order valence-electron chi connectivity index (χ1n) is 5.27. The average Bonchev–Trinajstić information content (AvgIpc) is 2.72. The fraction of sp³-hybridized carbons (Fsp3) is 0.583. The van der Waals surface area contributed by atoms with Gasteiger partial charge >= 0.3 is 0 Å². The Morgan fingerprint density at radius 1 is 1.60 bits per heavy atom. The molecule has 0 spiro atoms. The molecule has 1 N–H and O–H groups in total. The Balaban J connectivity index is 2.55. The summed E-state index contributed by atoms with van der Waals surface area (Å²) in [6.45, 7) is 7.28. The molecule has 1 rings (SSSR count). The van der Waals surface area contributed by atoms with Crippen molar-refractivity contribution in [2.24, 2.45) is 0 Å². The van der Waals surface area contributed by atoms with Crippen molar-refractivity contribution in [3.63, 3.8) is 0 Å². The molecule has 2 nitrogen and oxygen atoms in total. The van der Waals surface area contributed by atoms with Gasteiger partial charge in [-0.2, -0.15) is 5.26 Å². The van der Waals surface area contributed by atoms with Gasteiger partial charge in [0.2, 0.25) is 0 Å². The Bertz CT molecular complexity index is 322. The van der Waals surface area contributed by atoms with Crippen LogP contribution in [0.1, 0.15) is 32.1 Å². The quantitative estimate of drug-likeness (QED) is 0.831. The smallest absolute Gasteiger partial charge is 0.0950 e. The standard InChI is InChI=1S/C12H18N2S/c1-4-10(8-13)14-9-12(2,3)11-6-5-7-15-11/h5-7,10,14H,4,9H2,1-3H3. The zero-order chi connectivity index (χ0) is 11.3. The molecule has 0 aromatic carbocycles. The molecule has 0 saturated carbocycles. The second-order valence-corrected chi connectivity index (χ2v) is 5.28. The normalized spacial score (nSPS) is 13.5. The number of rotatable bonds is 5. The van der Waals surface area contributed by atoms with Crippen molar-refractivity contribution in [3.8, 4) is 6.07 Å². The van der Waals surface area contributed by atoms with Gasteiger partial charge in [-0.1, -0.05) is 26.8 Å². The van der Waals surface area contributed by atoms with Gasteiger partial charge in [0.25, 0.3) is 0 Å². The van der Waals surface area contributed by atoms with Crippen molar-refractivity contribution in [1.82, 2.24) is 5.32 Å². The Hall–Kier alpha value is -0.850. The van der Waals surface area contributed by atoms with Crippen molar-refractivity contribution >= 4 is 11.3 Å². The summed E-state index contributed by atoms with van der Waals surface area (Å²) in [6, 6.07) is 6.46. The van der Waals surface area contributed by atoms with Gasteiger partial charge < -0.3 is 5.32 Å². The molecule has 0 radical (unpaired) electrons. The lowest BCUT2D eigenvalue weighted by Crippen LogP contribution is -2.37. The third kappa shape index (κ3) is 3.33. The molecule has 0 fully saturated rings. The van der Waals surface area contributed by atoms with Crippen LogP contribution >= 0.6 is 11.3 Å². The molecular formula is C12H18N2S. The summed E-state index contributed by atoms with van der Waals surface area (Å²) < 4.78 is 0. The van der Waals surface area contributed by atoms with Crippen LogP contribution in [0.4, 0.5) is 0 Å². The van der Waals surface area contributed by atoms with E-state index in [-0.39, 0.29) is 11.5 Å². The van der Waals surface area contributed by atoms with Gasteiger partial charge in [0.1, 0.15) is 0 Å². The number of nitrogens with one attached hydrogen (secondary N) is 1. The van der Waals surface area contributed by atoms with Gasteiger partial charge in [0, 0.05) is 16.8 Å². The lowest BCUT2D eigenvalue weighted by atomic mass is 9.91. The molecule has 1 aromatic heterocycles. The number of thiophene rings is 1. The minimum atomic E-state index is -0.0239. The summed E-state index contributed by atoms with van der Waals surface area (Å²) in [7, 11) is 0. The Labute approximate surface area is 95.9 Å². The lowest BCUT2D eigenvalue weighted by molar-refractivity contribution is 0.450. The molecule has 1 unspecified atom stereocenters. The monoisotopic (exact) mass is 222 g/mol. The molecular weight excluding hydrogens is 204 g/mol. The number of nitriles is 1. The summed E-state index contributed by atoms with van der Waals surface area (Å²) in [6.07, 6.45) is 0.858. The molecule has 3 heteroatoms. The summed E-state index contributed by atoms with van der Waals surface area (Å²) >= 11 is 1.77. The predicted molar refractivity (Wildman–Crippen MR) is 65.0 cm³/mol. The molecule has 1 atom stereocenters. The highest BCUT2D eigenvalue weighted by molar-refractivity contribution is 7.10. The first-order chi connectivity index (χ1) is 7.10. The van der Waals surface area contributed by atoms with Crippen LogP contribution in [-0.4, -0.2) is 12.6 Å². The van der Waals surface area contributed by atoms with E-state index in [1.807, 2.05) is 6.92 Å². The lowest BCUT2D eigenvalue weighted by Gasteiger charge is -2.25. The van der Waals surface area contributed by atoms with Crippen molar-refractivity contribution in [1.29, 1.82) is 5.26 Å². The van der Waals surface area contributed by atoms with Gasteiger partial charge in [-0.25, -0.2) is 0 Å². The first kappa shape index (κ1) is 12.2. The largest absolute Gasteiger partial charge is 0.301 e. The van der Waals surface area contributed by atoms with E-state index in [0.717, 1.165) is 13.0 Å². The minimum Gasteiger partial charge on any atom is -0.301 e. The van der Waals surface area contributed by atoms with Crippen LogP contribution in [0.3, 0.4) is 0 Å². The molecule has 1 aromatic rings. The first-order valence-corrected chi connectivity index (χ1v) is 6.15. The van der Waals surface area contributed by atoms with Crippen LogP contribution in [0.2, 0.25) is 0 Å². The van der Waals surface area contributed by atoms with E-state index in [9.17, 15) is 0 Å². The fourth-order valence-electron chi connectivity index (χ4n) is 1.41. The maximum atomic E-state index is 8.84. The fourth-order valence-corrected chi connectivity index (χ4v) is 2.26. The van der Waals surface area contributed by atoms with Crippen LogP contribution in [0.5, 0.6) is 0 Å². The van der Waals surface area contributed by atoms with Crippen molar-refractivity contribution in [2.75, 3.05) is 6.54 Å². The third-order valence-electron chi connectivity index (χ3n) is 2.54. The highest BCUT2D eigenvalue weighted by Crippen LogP contribution is 2.26. The van der Waals surface area contributed by atoms with Crippen LogP contribution < -0.4 is 5.32 Å². The average molecular weight is 222 g/mol. The van der Waals surface area contributed by atoms with Crippen LogP contribution in [-0.2, 0) is 5.41 Å². The van der Waals surface area contributed by atoms with Crippen molar-refractivity contribution < 1.29 is 0 Å². The number of nitrogens with zero attached hydrogens (tertiary/aromatic N) is 1. The molecule has 0 saturated heterocycles. The maximum Gasteiger partial charge on any atom is 0.0950 e. The maximum absolute atomic E-state index is 8.84. The Kier molecular flexibility index (Phi) is 4.31. The van der Waals surface area contributed by atoms with Crippen LogP contribution in [0.25, 0.3) is 0 Å². The highest BCUT2D eigenvalue weighted by atomic mass is 32.1. The highest BCUT2D eigenvalue weighted by Gasteiger charge is 2.22. The second kappa shape index (κ2) is 5.29. The van der Waals surface area contributed by atoms with Gasteiger partial charge in [-0.05, 0) is 17.9 Å². The summed E-state index contributed by atoms with van der Waals surface area (Å²) in [5.74, 6) is 0. The molecule has 0 aliphatic carbocycles. The van der Waals surface area contributed by atoms with Crippen molar-refractivity contribution in [3.05, 3.63) is 22.4 Å². The number of hydrogen-bond donors (Lipinski definition) is 1. The van der Waals surface area contributed by atoms with E-state index in [1.165, 1.54) is 4.88 Å².